The van der Waals surface area contributed by atoms with Gasteiger partial charge >= 0.3 is 11.9 Å². The standard InChI is InChI=1S/C25H36O6/c1-4-22(31-23(28)14(2)26)24(29)30-17-12-21-20-7-5-15-11-16(27)6-8-18(15)19(20)9-10-25(21,3)13-17/h11,14,17-22,26H,4-10,12-13H2,1-3H3/t14?,17-,18-,19+,20+,21-,22?,25+/m0/s1. The number of aliphatic hydroxyl groups excluding tert-OH is 1. The fraction of sp³-hybridized carbons (Fsp3) is 0.800. The van der Waals surface area contributed by atoms with Crippen LogP contribution in [0.2, 0.25) is 0 Å². The van der Waals surface area contributed by atoms with E-state index in [1.165, 1.54) is 18.9 Å². The third-order valence-corrected chi connectivity index (χ3v) is 8.55. The van der Waals surface area contributed by atoms with Crippen LogP contribution in [0.1, 0.15) is 78.6 Å². The molecule has 4 rings (SSSR count). The summed E-state index contributed by atoms with van der Waals surface area (Å²) in [5.74, 6) is 1.37. The molecule has 0 aromatic rings. The molecule has 0 amide bonds. The highest BCUT2D eigenvalue weighted by atomic mass is 16.6. The molecule has 2 unspecified atom stereocenters. The van der Waals surface area contributed by atoms with Gasteiger partial charge in [-0.25, -0.2) is 9.59 Å². The van der Waals surface area contributed by atoms with Crippen molar-refractivity contribution in [1.82, 2.24) is 0 Å². The Morgan fingerprint density at radius 3 is 2.68 bits per heavy atom. The third-order valence-electron chi connectivity index (χ3n) is 8.55. The van der Waals surface area contributed by atoms with Gasteiger partial charge in [0.05, 0.1) is 0 Å². The van der Waals surface area contributed by atoms with Gasteiger partial charge in [-0.2, -0.15) is 0 Å². The molecule has 0 spiro atoms. The first kappa shape index (κ1) is 22.5. The Labute approximate surface area is 184 Å². The Kier molecular flexibility index (Phi) is 6.30. The van der Waals surface area contributed by atoms with Gasteiger partial charge in [-0.1, -0.05) is 19.4 Å². The summed E-state index contributed by atoms with van der Waals surface area (Å²) < 4.78 is 11.0. The van der Waals surface area contributed by atoms with Crippen LogP contribution in [-0.2, 0) is 23.9 Å². The second-order valence-electron chi connectivity index (χ2n) is 10.5. The number of esters is 2. The van der Waals surface area contributed by atoms with Gasteiger partial charge in [-0.3, -0.25) is 4.79 Å². The molecule has 4 aliphatic carbocycles. The zero-order valence-corrected chi connectivity index (χ0v) is 19.0. The van der Waals surface area contributed by atoms with E-state index in [0.717, 1.165) is 38.5 Å². The van der Waals surface area contributed by atoms with Crippen molar-refractivity contribution >= 4 is 17.7 Å². The smallest absolute Gasteiger partial charge is 0.347 e. The van der Waals surface area contributed by atoms with Gasteiger partial charge in [0.2, 0.25) is 0 Å². The predicted molar refractivity (Wildman–Crippen MR) is 114 cm³/mol. The monoisotopic (exact) mass is 432 g/mol. The molecular formula is C25H36O6. The molecule has 0 heterocycles. The lowest BCUT2D eigenvalue weighted by Gasteiger charge is -2.52. The largest absolute Gasteiger partial charge is 0.460 e. The predicted octanol–water partition coefficient (Wildman–Crippen LogP) is 3.74. The van der Waals surface area contributed by atoms with E-state index in [4.69, 9.17) is 9.47 Å². The molecule has 31 heavy (non-hydrogen) atoms. The maximum atomic E-state index is 12.7. The lowest BCUT2D eigenvalue weighted by Crippen LogP contribution is -2.44. The summed E-state index contributed by atoms with van der Waals surface area (Å²) in [6.45, 7) is 5.44. The number of ketones is 1. The zero-order valence-electron chi connectivity index (χ0n) is 19.0. The summed E-state index contributed by atoms with van der Waals surface area (Å²) in [5, 5.41) is 9.36. The lowest BCUT2D eigenvalue weighted by atomic mass is 9.52. The van der Waals surface area contributed by atoms with Crippen molar-refractivity contribution in [2.45, 2.75) is 96.9 Å². The van der Waals surface area contributed by atoms with Crippen molar-refractivity contribution < 1.29 is 29.0 Å². The van der Waals surface area contributed by atoms with Gasteiger partial charge in [-0.15, -0.1) is 0 Å². The molecule has 0 aromatic heterocycles. The summed E-state index contributed by atoms with van der Waals surface area (Å²) in [6, 6.07) is 0. The minimum atomic E-state index is -1.26. The van der Waals surface area contributed by atoms with Crippen LogP contribution in [-0.4, -0.2) is 41.1 Å². The molecule has 6 heteroatoms. The molecule has 0 aromatic carbocycles. The molecule has 0 bridgehead atoms. The van der Waals surface area contributed by atoms with E-state index in [-0.39, 0.29) is 11.5 Å². The quantitative estimate of drug-likeness (QED) is 0.666. The first-order valence-electron chi connectivity index (χ1n) is 12.0. The normalized spacial score (nSPS) is 38.8. The molecule has 4 aliphatic rings. The van der Waals surface area contributed by atoms with Crippen molar-refractivity contribution in [2.75, 3.05) is 0 Å². The molecule has 0 aliphatic heterocycles. The van der Waals surface area contributed by atoms with E-state index < -0.39 is 24.1 Å². The molecule has 0 saturated heterocycles. The minimum absolute atomic E-state index is 0.148. The van der Waals surface area contributed by atoms with Crippen molar-refractivity contribution in [2.24, 2.45) is 29.1 Å². The van der Waals surface area contributed by atoms with Crippen LogP contribution >= 0.6 is 0 Å². The van der Waals surface area contributed by atoms with Crippen molar-refractivity contribution in [3.63, 3.8) is 0 Å². The highest BCUT2D eigenvalue weighted by molar-refractivity contribution is 5.91. The number of ether oxygens (including phenoxy) is 2. The maximum Gasteiger partial charge on any atom is 0.347 e. The number of fused-ring (bicyclic) bond motifs is 5. The topological polar surface area (TPSA) is 89.9 Å². The van der Waals surface area contributed by atoms with Crippen LogP contribution in [0.3, 0.4) is 0 Å². The molecule has 0 radical (unpaired) electrons. The SMILES string of the molecule is CCC(OC(=O)C(C)O)C(=O)O[C@H]1C[C@H]2[C@@H]3CCC4=CC(=O)CC[C@@H]4[C@H]3CC[C@]2(C)C1. The molecule has 1 N–H and O–H groups in total. The van der Waals surface area contributed by atoms with Crippen LogP contribution in [0, 0.1) is 29.1 Å². The average molecular weight is 433 g/mol. The van der Waals surface area contributed by atoms with Gasteiger partial charge in [0, 0.05) is 6.42 Å². The number of allylic oxidation sites excluding steroid dienone is 1. The van der Waals surface area contributed by atoms with Crippen LogP contribution in [0.5, 0.6) is 0 Å². The summed E-state index contributed by atoms with van der Waals surface area (Å²) >= 11 is 0. The number of hydrogen-bond donors (Lipinski definition) is 1. The fourth-order valence-electron chi connectivity index (χ4n) is 7.04. The number of carbonyl (C=O) groups excluding carboxylic acids is 3. The highest BCUT2D eigenvalue weighted by Crippen LogP contribution is 2.62. The Bertz CT molecular complexity index is 770. The van der Waals surface area contributed by atoms with Crippen molar-refractivity contribution in [1.29, 1.82) is 0 Å². The van der Waals surface area contributed by atoms with E-state index in [2.05, 4.69) is 6.92 Å². The first-order valence-corrected chi connectivity index (χ1v) is 12.0. The van der Waals surface area contributed by atoms with E-state index in [1.807, 2.05) is 6.08 Å². The molecule has 172 valence electrons. The van der Waals surface area contributed by atoms with Crippen molar-refractivity contribution in [3.05, 3.63) is 11.6 Å². The summed E-state index contributed by atoms with van der Waals surface area (Å²) in [7, 11) is 0. The van der Waals surface area contributed by atoms with Crippen LogP contribution in [0.15, 0.2) is 11.6 Å². The third kappa shape index (κ3) is 4.33. The maximum absolute atomic E-state index is 12.7. The minimum Gasteiger partial charge on any atom is -0.460 e. The first-order chi connectivity index (χ1) is 14.7. The second kappa shape index (κ2) is 8.68. The number of aliphatic hydroxyl groups is 1. The number of rotatable bonds is 5. The summed E-state index contributed by atoms with van der Waals surface area (Å²) in [4.78, 5) is 36.2. The fourth-order valence-corrected chi connectivity index (χ4v) is 7.04. The lowest BCUT2D eigenvalue weighted by molar-refractivity contribution is -0.175. The number of carbonyl (C=O) groups is 3. The molecule has 6 nitrogen and oxygen atoms in total. The Hall–Kier alpha value is -1.69. The van der Waals surface area contributed by atoms with Gasteiger partial charge in [0.15, 0.2) is 11.9 Å². The molecule has 8 atom stereocenters. The van der Waals surface area contributed by atoms with Crippen LogP contribution < -0.4 is 0 Å². The van der Waals surface area contributed by atoms with E-state index in [9.17, 15) is 19.5 Å². The molecule has 3 fully saturated rings. The van der Waals surface area contributed by atoms with Gasteiger partial charge in [0.25, 0.3) is 0 Å². The Morgan fingerprint density at radius 2 is 1.97 bits per heavy atom. The van der Waals surface area contributed by atoms with Crippen LogP contribution in [0.25, 0.3) is 0 Å². The summed E-state index contributed by atoms with van der Waals surface area (Å²) in [5.41, 5.74) is 1.56. The van der Waals surface area contributed by atoms with E-state index >= 15 is 0 Å². The van der Waals surface area contributed by atoms with Crippen LogP contribution in [0.4, 0.5) is 0 Å². The average Bonchev–Trinajstić information content (AvgIpc) is 3.07. The molecular weight excluding hydrogens is 396 g/mol. The summed E-state index contributed by atoms with van der Waals surface area (Å²) in [6.07, 6.45) is 7.79. The van der Waals surface area contributed by atoms with Gasteiger partial charge in [-0.05, 0) is 93.5 Å². The Balaban J connectivity index is 1.42. The van der Waals surface area contributed by atoms with Gasteiger partial charge < -0.3 is 14.6 Å². The number of hydrogen-bond acceptors (Lipinski definition) is 6. The zero-order chi connectivity index (χ0) is 22.3. The highest BCUT2D eigenvalue weighted by Gasteiger charge is 2.55. The Morgan fingerprint density at radius 1 is 1.19 bits per heavy atom. The van der Waals surface area contributed by atoms with Gasteiger partial charge in [0.1, 0.15) is 12.2 Å². The van der Waals surface area contributed by atoms with Crippen molar-refractivity contribution in [3.8, 4) is 0 Å². The van der Waals surface area contributed by atoms with E-state index in [1.54, 1.807) is 6.92 Å². The molecule has 3 saturated carbocycles. The van der Waals surface area contributed by atoms with E-state index in [0.29, 0.717) is 42.3 Å². The second-order valence-corrected chi connectivity index (χ2v) is 10.5.